The third-order valence-electron chi connectivity index (χ3n) is 4.33. The quantitative estimate of drug-likeness (QED) is 0.907. The first-order chi connectivity index (χ1) is 9.08. The van der Waals surface area contributed by atoms with Gasteiger partial charge in [-0.3, -0.25) is 0 Å². The van der Waals surface area contributed by atoms with Crippen LogP contribution in [0.2, 0.25) is 0 Å². The SMILES string of the molecule is CC(C)C1CCCN(c2cc([C@@H](C)N)ccn2)CC1. The van der Waals surface area contributed by atoms with Gasteiger partial charge in [-0.05, 0) is 55.7 Å². The zero-order chi connectivity index (χ0) is 13.8. The molecule has 2 rings (SSSR count). The molecule has 0 spiro atoms. The van der Waals surface area contributed by atoms with Crippen LogP contribution in [0.4, 0.5) is 5.82 Å². The fourth-order valence-electron chi connectivity index (χ4n) is 2.91. The molecule has 0 radical (unpaired) electrons. The number of nitrogens with zero attached hydrogens (tertiary/aromatic N) is 2. The van der Waals surface area contributed by atoms with Crippen molar-refractivity contribution in [3.05, 3.63) is 23.9 Å². The molecule has 106 valence electrons. The molecule has 0 bridgehead atoms. The van der Waals surface area contributed by atoms with Gasteiger partial charge in [0.15, 0.2) is 0 Å². The van der Waals surface area contributed by atoms with Gasteiger partial charge in [0.25, 0.3) is 0 Å². The lowest BCUT2D eigenvalue weighted by atomic mass is 9.89. The fraction of sp³-hybridized carbons (Fsp3) is 0.688. The first kappa shape index (κ1) is 14.3. The molecule has 2 heterocycles. The summed E-state index contributed by atoms with van der Waals surface area (Å²) in [7, 11) is 0. The van der Waals surface area contributed by atoms with Crippen LogP contribution in [0.5, 0.6) is 0 Å². The Bertz CT molecular complexity index is 401. The molecule has 1 aliphatic rings. The van der Waals surface area contributed by atoms with Crippen LogP contribution in [0, 0.1) is 11.8 Å². The average Bonchev–Trinajstić information content (AvgIpc) is 2.64. The molecule has 0 aromatic carbocycles. The van der Waals surface area contributed by atoms with Gasteiger partial charge in [-0.25, -0.2) is 4.98 Å². The molecular formula is C16H27N3. The third kappa shape index (κ3) is 3.69. The van der Waals surface area contributed by atoms with Crippen LogP contribution in [-0.4, -0.2) is 18.1 Å². The predicted octanol–water partition coefficient (Wildman–Crippen LogP) is 3.36. The summed E-state index contributed by atoms with van der Waals surface area (Å²) in [5.41, 5.74) is 7.13. The minimum Gasteiger partial charge on any atom is -0.357 e. The number of pyridine rings is 1. The highest BCUT2D eigenvalue weighted by molar-refractivity contribution is 5.41. The van der Waals surface area contributed by atoms with Crippen molar-refractivity contribution in [3.8, 4) is 0 Å². The van der Waals surface area contributed by atoms with Crippen LogP contribution in [0.15, 0.2) is 18.3 Å². The van der Waals surface area contributed by atoms with E-state index in [4.69, 9.17) is 5.73 Å². The molecule has 2 atom stereocenters. The summed E-state index contributed by atoms with van der Waals surface area (Å²) in [6.07, 6.45) is 5.79. The third-order valence-corrected chi connectivity index (χ3v) is 4.33. The van der Waals surface area contributed by atoms with E-state index in [2.05, 4.69) is 29.8 Å². The largest absolute Gasteiger partial charge is 0.357 e. The molecule has 0 amide bonds. The molecule has 1 saturated heterocycles. The number of nitrogens with two attached hydrogens (primary N) is 1. The van der Waals surface area contributed by atoms with Crippen LogP contribution in [0.1, 0.15) is 51.6 Å². The topological polar surface area (TPSA) is 42.1 Å². The lowest BCUT2D eigenvalue weighted by molar-refractivity contribution is 0.351. The van der Waals surface area contributed by atoms with Crippen molar-refractivity contribution >= 4 is 5.82 Å². The van der Waals surface area contributed by atoms with Crippen molar-refractivity contribution in [2.24, 2.45) is 17.6 Å². The Kier molecular flexibility index (Phi) is 4.81. The standard InChI is InChI=1S/C16H27N3/c1-12(2)14-5-4-9-19(10-7-14)16-11-15(13(3)17)6-8-18-16/h6,8,11-14H,4-5,7,9-10,17H2,1-3H3/t13-,14?/m1/s1. The van der Waals surface area contributed by atoms with Crippen LogP contribution in [0.25, 0.3) is 0 Å². The summed E-state index contributed by atoms with van der Waals surface area (Å²) >= 11 is 0. The van der Waals surface area contributed by atoms with E-state index in [-0.39, 0.29) is 6.04 Å². The van der Waals surface area contributed by atoms with Crippen molar-refractivity contribution in [2.75, 3.05) is 18.0 Å². The van der Waals surface area contributed by atoms with Gasteiger partial charge >= 0.3 is 0 Å². The van der Waals surface area contributed by atoms with Crippen LogP contribution < -0.4 is 10.6 Å². The van der Waals surface area contributed by atoms with Crippen molar-refractivity contribution < 1.29 is 0 Å². The van der Waals surface area contributed by atoms with Gasteiger partial charge in [0.05, 0.1) is 0 Å². The first-order valence-electron chi connectivity index (χ1n) is 7.54. The molecule has 1 fully saturated rings. The van der Waals surface area contributed by atoms with Crippen LogP contribution >= 0.6 is 0 Å². The monoisotopic (exact) mass is 261 g/mol. The minimum atomic E-state index is 0.0807. The van der Waals surface area contributed by atoms with E-state index >= 15 is 0 Å². The van der Waals surface area contributed by atoms with Crippen molar-refractivity contribution in [2.45, 2.75) is 46.1 Å². The highest BCUT2D eigenvalue weighted by Crippen LogP contribution is 2.27. The van der Waals surface area contributed by atoms with Crippen molar-refractivity contribution in [1.82, 2.24) is 4.98 Å². The Morgan fingerprint density at radius 1 is 1.26 bits per heavy atom. The number of hydrogen-bond donors (Lipinski definition) is 1. The van der Waals surface area contributed by atoms with E-state index in [1.54, 1.807) is 0 Å². The summed E-state index contributed by atoms with van der Waals surface area (Å²) in [6.45, 7) is 8.96. The number of rotatable bonds is 3. The first-order valence-corrected chi connectivity index (χ1v) is 7.54. The predicted molar refractivity (Wildman–Crippen MR) is 81.2 cm³/mol. The Labute approximate surface area is 117 Å². The van der Waals surface area contributed by atoms with E-state index in [1.165, 1.54) is 24.8 Å². The maximum absolute atomic E-state index is 5.96. The molecule has 2 N–H and O–H groups in total. The van der Waals surface area contributed by atoms with Gasteiger partial charge in [0.2, 0.25) is 0 Å². The van der Waals surface area contributed by atoms with Gasteiger partial charge in [-0.2, -0.15) is 0 Å². The van der Waals surface area contributed by atoms with E-state index in [0.29, 0.717) is 0 Å². The highest BCUT2D eigenvalue weighted by atomic mass is 15.2. The van der Waals surface area contributed by atoms with Gasteiger partial charge in [0.1, 0.15) is 5.82 Å². The average molecular weight is 261 g/mol. The molecule has 1 unspecified atom stereocenters. The van der Waals surface area contributed by atoms with Gasteiger partial charge in [0, 0.05) is 25.3 Å². The zero-order valence-electron chi connectivity index (χ0n) is 12.5. The number of anilines is 1. The smallest absolute Gasteiger partial charge is 0.128 e. The molecule has 1 aromatic rings. The molecule has 19 heavy (non-hydrogen) atoms. The van der Waals surface area contributed by atoms with E-state index < -0.39 is 0 Å². The second-order valence-corrected chi connectivity index (χ2v) is 6.16. The number of aromatic nitrogens is 1. The fourth-order valence-corrected chi connectivity index (χ4v) is 2.91. The molecule has 0 aliphatic carbocycles. The molecule has 1 aliphatic heterocycles. The second kappa shape index (κ2) is 6.38. The second-order valence-electron chi connectivity index (χ2n) is 6.16. The molecular weight excluding hydrogens is 234 g/mol. The Morgan fingerprint density at radius 3 is 2.74 bits per heavy atom. The zero-order valence-corrected chi connectivity index (χ0v) is 12.5. The Balaban J connectivity index is 2.07. The van der Waals surface area contributed by atoms with Gasteiger partial charge < -0.3 is 10.6 Å². The van der Waals surface area contributed by atoms with Crippen LogP contribution in [0.3, 0.4) is 0 Å². The summed E-state index contributed by atoms with van der Waals surface area (Å²) in [5.74, 6) is 2.75. The van der Waals surface area contributed by atoms with Crippen molar-refractivity contribution in [1.29, 1.82) is 0 Å². The molecule has 3 nitrogen and oxygen atoms in total. The van der Waals surface area contributed by atoms with Gasteiger partial charge in [-0.1, -0.05) is 13.8 Å². The molecule has 3 heteroatoms. The Morgan fingerprint density at radius 2 is 2.05 bits per heavy atom. The minimum absolute atomic E-state index is 0.0807. The maximum atomic E-state index is 5.96. The van der Waals surface area contributed by atoms with Gasteiger partial charge in [-0.15, -0.1) is 0 Å². The molecule has 0 saturated carbocycles. The van der Waals surface area contributed by atoms with E-state index in [1.807, 2.05) is 19.2 Å². The molecule has 1 aromatic heterocycles. The Hall–Kier alpha value is -1.09. The summed E-state index contributed by atoms with van der Waals surface area (Å²) < 4.78 is 0. The maximum Gasteiger partial charge on any atom is 0.128 e. The van der Waals surface area contributed by atoms with E-state index in [9.17, 15) is 0 Å². The summed E-state index contributed by atoms with van der Waals surface area (Å²) in [4.78, 5) is 6.95. The van der Waals surface area contributed by atoms with Crippen LogP contribution in [-0.2, 0) is 0 Å². The summed E-state index contributed by atoms with van der Waals surface area (Å²) in [5, 5.41) is 0. The summed E-state index contributed by atoms with van der Waals surface area (Å²) in [6, 6.07) is 4.25. The number of hydrogen-bond acceptors (Lipinski definition) is 3. The van der Waals surface area contributed by atoms with E-state index in [0.717, 1.165) is 30.7 Å². The van der Waals surface area contributed by atoms with Crippen molar-refractivity contribution in [3.63, 3.8) is 0 Å². The lowest BCUT2D eigenvalue weighted by Gasteiger charge is -2.23. The highest BCUT2D eigenvalue weighted by Gasteiger charge is 2.20. The normalized spacial score (nSPS) is 22.4. The lowest BCUT2D eigenvalue weighted by Crippen LogP contribution is -2.25.